The molecule has 0 heterocycles. The molecule has 0 aliphatic carbocycles. The molecule has 0 spiro atoms. The van der Waals surface area contributed by atoms with E-state index in [1.165, 1.54) is 0 Å². The van der Waals surface area contributed by atoms with Crippen LogP contribution in [0.15, 0.2) is 0 Å². The number of hydrogen-bond donors (Lipinski definition) is 0. The molecule has 0 rings (SSSR count). The van der Waals surface area contributed by atoms with E-state index in [2.05, 4.69) is 15.9 Å². The van der Waals surface area contributed by atoms with Gasteiger partial charge in [-0.2, -0.15) is 0 Å². The Bertz CT molecular complexity index is 8.00. The molecular formula is BaCuHgO. The van der Waals surface area contributed by atoms with Crippen LogP contribution in [0, 0.1) is 0 Å². The fourth-order valence-corrected chi connectivity index (χ4v) is 0. The molecule has 4 heteroatoms. The topological polar surface area (TPSA) is 17.1 Å². The van der Waals surface area contributed by atoms with Crippen molar-refractivity contribution in [3.63, 3.8) is 0 Å². The van der Waals surface area contributed by atoms with Gasteiger partial charge in [-0.3, -0.25) is 0 Å². The van der Waals surface area contributed by atoms with Crippen molar-refractivity contribution in [2.24, 2.45) is 0 Å². The molecule has 0 aromatic rings. The molecule has 21 valence electrons. The van der Waals surface area contributed by atoms with Crippen LogP contribution in [0.25, 0.3) is 0 Å². The molecule has 0 saturated carbocycles. The van der Waals surface area contributed by atoms with Crippen LogP contribution in [-0.4, -0.2) is 48.9 Å². The van der Waals surface area contributed by atoms with Crippen LogP contribution < -0.4 is 0 Å². The zero-order valence-electron chi connectivity index (χ0n) is 2.12. The van der Waals surface area contributed by atoms with E-state index in [4.69, 9.17) is 3.83 Å². The van der Waals surface area contributed by atoms with E-state index in [1.54, 1.807) is 0 Å². The maximum absolute atomic E-state index is 7.81. The zero-order valence-corrected chi connectivity index (χ0v) is 13.0. The van der Waals surface area contributed by atoms with Crippen LogP contribution in [0.4, 0.5) is 0 Å². The SMILES string of the molecule is [Ba].[Hg].[O]=[Cu]. The summed E-state index contributed by atoms with van der Waals surface area (Å²) >= 11 is 2.94. The Hall–Kier alpha value is 2.83. The number of rotatable bonds is 0. The monoisotopic (exact) mass is 419 g/mol. The third kappa shape index (κ3) is 8.85. The van der Waals surface area contributed by atoms with E-state index in [0.29, 0.717) is 0 Å². The zero-order chi connectivity index (χ0) is 2.00. The van der Waals surface area contributed by atoms with Crippen LogP contribution in [0.3, 0.4) is 0 Å². The van der Waals surface area contributed by atoms with Crippen LogP contribution in [0.5, 0.6) is 0 Å². The maximum atomic E-state index is 7.81. The Balaban J connectivity index is -0.00000000500. The number of hydrogen-bond acceptors (Lipinski definition) is 1. The average molecular weight is 417 g/mol. The van der Waals surface area contributed by atoms with Gasteiger partial charge < -0.3 is 0 Å². The molecular weight excluding hydrogens is 417 g/mol. The molecule has 2 radical (unpaired) electrons. The molecule has 0 aliphatic heterocycles. The molecule has 0 N–H and O–H groups in total. The van der Waals surface area contributed by atoms with Gasteiger partial charge in [0.2, 0.25) is 0 Å². The molecule has 0 unspecified atom stereocenters. The van der Waals surface area contributed by atoms with Crippen LogP contribution in [0.2, 0.25) is 0 Å². The standard InChI is InChI=1S/Ba.Cu.Hg.O. The predicted molar refractivity (Wildman–Crippen MR) is 6.44 cm³/mol. The van der Waals surface area contributed by atoms with Gasteiger partial charge in [-0.1, -0.05) is 0 Å². The van der Waals surface area contributed by atoms with Crippen LogP contribution in [0.1, 0.15) is 0 Å². The van der Waals surface area contributed by atoms with Crippen LogP contribution >= 0.6 is 0 Å². The van der Waals surface area contributed by atoms with Crippen molar-refractivity contribution in [1.82, 2.24) is 0 Å². The first-order valence-electron chi connectivity index (χ1n) is 0.123. The third-order valence-electron chi connectivity index (χ3n) is 0. The van der Waals surface area contributed by atoms with E-state index >= 15 is 0 Å². The van der Waals surface area contributed by atoms with Gasteiger partial charge in [-0.25, -0.2) is 0 Å². The Labute approximate surface area is 93.9 Å². The summed E-state index contributed by atoms with van der Waals surface area (Å²) in [5.74, 6) is 0. The minimum absolute atomic E-state index is 0. The summed E-state index contributed by atoms with van der Waals surface area (Å²) in [6, 6.07) is 0. The van der Waals surface area contributed by atoms with Gasteiger partial charge in [0.1, 0.15) is 0 Å². The van der Waals surface area contributed by atoms with Gasteiger partial charge >= 0.3 is 19.8 Å². The molecule has 0 bridgehead atoms. The Morgan fingerprint density at radius 1 is 1.25 bits per heavy atom. The van der Waals surface area contributed by atoms with Crippen molar-refractivity contribution in [3.05, 3.63) is 0 Å². The summed E-state index contributed by atoms with van der Waals surface area (Å²) < 4.78 is 7.81. The molecule has 0 atom stereocenters. The van der Waals surface area contributed by atoms with E-state index in [-0.39, 0.29) is 76.5 Å². The van der Waals surface area contributed by atoms with E-state index in [1.807, 2.05) is 0 Å². The van der Waals surface area contributed by atoms with E-state index in [9.17, 15) is 0 Å². The summed E-state index contributed by atoms with van der Waals surface area (Å²) in [6.07, 6.45) is 0. The van der Waals surface area contributed by atoms with Crippen LogP contribution in [-0.2, 0) is 47.4 Å². The van der Waals surface area contributed by atoms with Gasteiger partial charge in [0.05, 0.1) is 0 Å². The average Bonchev–Trinajstić information content (AvgIpc) is 1.00. The van der Waals surface area contributed by atoms with Gasteiger partial charge in [-0.05, 0) is 0 Å². The van der Waals surface area contributed by atoms with Crippen molar-refractivity contribution >= 4 is 48.9 Å². The molecule has 0 aromatic carbocycles. The molecule has 0 aromatic heterocycles. The van der Waals surface area contributed by atoms with Crippen molar-refractivity contribution in [1.29, 1.82) is 0 Å². The second-order valence-electron chi connectivity index (χ2n) is 0. The van der Waals surface area contributed by atoms with Crippen molar-refractivity contribution in [2.75, 3.05) is 0 Å². The normalized spacial score (nSPS) is 1.50. The summed E-state index contributed by atoms with van der Waals surface area (Å²) in [6.45, 7) is 0. The van der Waals surface area contributed by atoms with Crippen molar-refractivity contribution < 1.29 is 47.4 Å². The van der Waals surface area contributed by atoms with Gasteiger partial charge in [-0.15, -0.1) is 0 Å². The van der Waals surface area contributed by atoms with Gasteiger partial charge in [0.15, 0.2) is 0 Å². The quantitative estimate of drug-likeness (QED) is 0.486. The van der Waals surface area contributed by atoms with Crippen molar-refractivity contribution in [3.8, 4) is 0 Å². The van der Waals surface area contributed by atoms with E-state index < -0.39 is 0 Å². The van der Waals surface area contributed by atoms with Crippen molar-refractivity contribution in [2.45, 2.75) is 0 Å². The first kappa shape index (κ1) is 15.8. The third-order valence-corrected chi connectivity index (χ3v) is 0. The second kappa shape index (κ2) is 17.0. The summed E-state index contributed by atoms with van der Waals surface area (Å²) in [5.41, 5.74) is 0. The summed E-state index contributed by atoms with van der Waals surface area (Å²) in [5, 5.41) is 0. The fourth-order valence-electron chi connectivity index (χ4n) is 0. The second-order valence-corrected chi connectivity index (χ2v) is 0. The molecule has 0 aliphatic rings. The summed E-state index contributed by atoms with van der Waals surface area (Å²) in [4.78, 5) is 0. The molecule has 0 saturated heterocycles. The predicted octanol–water partition coefficient (Wildman–Crippen LogP) is -0.505. The Morgan fingerprint density at radius 3 is 1.25 bits per heavy atom. The summed E-state index contributed by atoms with van der Waals surface area (Å²) in [7, 11) is 0. The Morgan fingerprint density at radius 2 is 1.25 bits per heavy atom. The van der Waals surface area contributed by atoms with E-state index in [0.717, 1.165) is 0 Å². The first-order chi connectivity index (χ1) is 1.00. The molecule has 4 heavy (non-hydrogen) atoms. The minimum atomic E-state index is 0. The Kier molecular flexibility index (Phi) is 67.2. The molecule has 0 fully saturated rings. The van der Waals surface area contributed by atoms with Gasteiger partial charge in [0.25, 0.3) is 0 Å². The molecule has 0 amide bonds. The van der Waals surface area contributed by atoms with Gasteiger partial charge in [0, 0.05) is 76.5 Å². The first-order valence-corrected chi connectivity index (χ1v) is 0.508. The molecule has 1 nitrogen and oxygen atoms in total. The fraction of sp³-hybridized carbons (Fsp3) is 0.